The van der Waals surface area contributed by atoms with Gasteiger partial charge in [0.05, 0.1) is 23.4 Å². The van der Waals surface area contributed by atoms with Crippen molar-refractivity contribution in [2.24, 2.45) is 0 Å². The van der Waals surface area contributed by atoms with E-state index in [-0.39, 0.29) is 12.5 Å². The maximum Gasteiger partial charge on any atom is 0.244 e. The van der Waals surface area contributed by atoms with E-state index in [0.717, 1.165) is 17.0 Å². The van der Waals surface area contributed by atoms with Gasteiger partial charge in [-0.05, 0) is 38.5 Å². The number of imidazole rings is 1. The fourth-order valence-electron chi connectivity index (χ4n) is 1.84. The summed E-state index contributed by atoms with van der Waals surface area (Å²) in [6.45, 7) is 6.05. The highest BCUT2D eigenvalue weighted by Gasteiger charge is 2.09. The Balaban J connectivity index is 2.07. The van der Waals surface area contributed by atoms with Gasteiger partial charge in [-0.15, -0.1) is 0 Å². The summed E-state index contributed by atoms with van der Waals surface area (Å²) in [6, 6.07) is 5.56. The van der Waals surface area contributed by atoms with Gasteiger partial charge in [0.2, 0.25) is 5.91 Å². The molecular formula is C14H18N4O. The zero-order chi connectivity index (χ0) is 14.0. The van der Waals surface area contributed by atoms with Gasteiger partial charge in [0, 0.05) is 5.69 Å². The molecule has 2 rings (SSSR count). The van der Waals surface area contributed by atoms with Gasteiger partial charge in [0.1, 0.15) is 6.54 Å². The summed E-state index contributed by atoms with van der Waals surface area (Å²) < 4.78 is 1.81. The Morgan fingerprint density at radius 2 is 2.11 bits per heavy atom. The van der Waals surface area contributed by atoms with E-state index in [9.17, 15) is 4.79 Å². The molecule has 100 valence electrons. The van der Waals surface area contributed by atoms with E-state index in [0.29, 0.717) is 11.4 Å². The highest BCUT2D eigenvalue weighted by molar-refractivity contribution is 5.93. The molecule has 3 N–H and O–H groups in total. The molecular weight excluding hydrogens is 240 g/mol. The van der Waals surface area contributed by atoms with Gasteiger partial charge in [0.25, 0.3) is 0 Å². The Labute approximate surface area is 112 Å². The molecule has 0 bridgehead atoms. The van der Waals surface area contributed by atoms with Gasteiger partial charge in [-0.25, -0.2) is 4.98 Å². The van der Waals surface area contributed by atoms with Crippen LogP contribution in [-0.4, -0.2) is 15.5 Å². The number of hydrogen-bond donors (Lipinski definition) is 2. The number of nitrogens with two attached hydrogens (primary N) is 1. The van der Waals surface area contributed by atoms with E-state index in [1.807, 2.05) is 43.5 Å². The molecule has 0 radical (unpaired) electrons. The average Bonchev–Trinajstić information content (AvgIpc) is 2.65. The lowest BCUT2D eigenvalue weighted by atomic mass is 10.2. The average molecular weight is 258 g/mol. The van der Waals surface area contributed by atoms with Crippen LogP contribution in [0.2, 0.25) is 0 Å². The number of nitrogens with zero attached hydrogens (tertiary/aromatic N) is 2. The molecule has 0 saturated heterocycles. The first-order chi connectivity index (χ1) is 8.97. The van der Waals surface area contributed by atoms with Crippen molar-refractivity contribution in [3.05, 3.63) is 41.5 Å². The lowest BCUT2D eigenvalue weighted by molar-refractivity contribution is -0.116. The summed E-state index contributed by atoms with van der Waals surface area (Å²) >= 11 is 0. The van der Waals surface area contributed by atoms with Gasteiger partial charge in [0.15, 0.2) is 0 Å². The van der Waals surface area contributed by atoms with Gasteiger partial charge >= 0.3 is 0 Å². The fourth-order valence-corrected chi connectivity index (χ4v) is 1.84. The first-order valence-corrected chi connectivity index (χ1v) is 6.11. The largest absolute Gasteiger partial charge is 0.397 e. The van der Waals surface area contributed by atoms with Crippen LogP contribution in [0.3, 0.4) is 0 Å². The van der Waals surface area contributed by atoms with Crippen LogP contribution in [0.5, 0.6) is 0 Å². The van der Waals surface area contributed by atoms with E-state index in [1.165, 1.54) is 0 Å². The minimum atomic E-state index is -0.115. The summed E-state index contributed by atoms with van der Waals surface area (Å²) in [6.07, 6.45) is 1.67. The molecule has 2 aromatic rings. The van der Waals surface area contributed by atoms with Crippen molar-refractivity contribution in [3.63, 3.8) is 0 Å². The minimum Gasteiger partial charge on any atom is -0.397 e. The summed E-state index contributed by atoms with van der Waals surface area (Å²) in [4.78, 5) is 16.1. The lowest BCUT2D eigenvalue weighted by Crippen LogP contribution is -2.19. The van der Waals surface area contributed by atoms with Crippen molar-refractivity contribution in [1.29, 1.82) is 0 Å². The Morgan fingerprint density at radius 3 is 2.68 bits per heavy atom. The van der Waals surface area contributed by atoms with Crippen molar-refractivity contribution in [3.8, 4) is 0 Å². The second-order valence-electron chi connectivity index (χ2n) is 4.68. The standard InChI is InChI=1S/C14H18N4O/c1-9-4-5-13(12(15)6-9)17-14(19)7-18-8-16-10(2)11(18)3/h4-6,8H,7,15H2,1-3H3,(H,17,19). The fraction of sp³-hybridized carbons (Fsp3) is 0.286. The van der Waals surface area contributed by atoms with Gasteiger partial charge in [-0.3, -0.25) is 4.79 Å². The number of hydrogen-bond acceptors (Lipinski definition) is 3. The maximum absolute atomic E-state index is 12.0. The Hall–Kier alpha value is -2.30. The Morgan fingerprint density at radius 1 is 1.37 bits per heavy atom. The second kappa shape index (κ2) is 5.14. The molecule has 0 aliphatic rings. The second-order valence-corrected chi connectivity index (χ2v) is 4.68. The quantitative estimate of drug-likeness (QED) is 0.827. The molecule has 19 heavy (non-hydrogen) atoms. The van der Waals surface area contributed by atoms with Gasteiger partial charge in [-0.2, -0.15) is 0 Å². The number of aryl methyl sites for hydroxylation is 2. The number of carbonyl (C=O) groups excluding carboxylic acids is 1. The zero-order valence-corrected chi connectivity index (χ0v) is 11.4. The van der Waals surface area contributed by atoms with Crippen LogP contribution in [0, 0.1) is 20.8 Å². The Kier molecular flexibility index (Phi) is 3.55. The molecule has 1 heterocycles. The molecule has 0 saturated carbocycles. The predicted molar refractivity (Wildman–Crippen MR) is 75.9 cm³/mol. The van der Waals surface area contributed by atoms with Crippen LogP contribution in [-0.2, 0) is 11.3 Å². The van der Waals surface area contributed by atoms with Crippen molar-refractivity contribution in [1.82, 2.24) is 9.55 Å². The normalized spacial score (nSPS) is 10.5. The van der Waals surface area contributed by atoms with Crippen molar-refractivity contribution >= 4 is 17.3 Å². The van der Waals surface area contributed by atoms with E-state index in [2.05, 4.69) is 10.3 Å². The van der Waals surface area contributed by atoms with Gasteiger partial charge in [-0.1, -0.05) is 6.07 Å². The zero-order valence-electron chi connectivity index (χ0n) is 11.4. The third-order valence-electron chi connectivity index (χ3n) is 3.14. The number of anilines is 2. The molecule has 1 amide bonds. The van der Waals surface area contributed by atoms with Crippen LogP contribution in [0.1, 0.15) is 17.0 Å². The van der Waals surface area contributed by atoms with Crippen LogP contribution < -0.4 is 11.1 Å². The maximum atomic E-state index is 12.0. The van der Waals surface area contributed by atoms with Crippen molar-refractivity contribution in [2.45, 2.75) is 27.3 Å². The first-order valence-electron chi connectivity index (χ1n) is 6.11. The third-order valence-corrected chi connectivity index (χ3v) is 3.14. The molecule has 1 aromatic carbocycles. The van der Waals surface area contributed by atoms with Crippen LogP contribution in [0.4, 0.5) is 11.4 Å². The number of amides is 1. The monoisotopic (exact) mass is 258 g/mol. The third kappa shape index (κ3) is 2.93. The van der Waals surface area contributed by atoms with Crippen LogP contribution in [0.25, 0.3) is 0 Å². The first kappa shape index (κ1) is 13.1. The van der Waals surface area contributed by atoms with Crippen LogP contribution in [0.15, 0.2) is 24.5 Å². The minimum absolute atomic E-state index is 0.115. The topological polar surface area (TPSA) is 72.9 Å². The van der Waals surface area contributed by atoms with E-state index in [4.69, 9.17) is 5.73 Å². The number of benzene rings is 1. The Bertz CT molecular complexity index is 616. The van der Waals surface area contributed by atoms with Crippen molar-refractivity contribution in [2.75, 3.05) is 11.1 Å². The van der Waals surface area contributed by atoms with Crippen LogP contribution >= 0.6 is 0 Å². The highest BCUT2D eigenvalue weighted by Crippen LogP contribution is 2.19. The van der Waals surface area contributed by atoms with E-state index >= 15 is 0 Å². The summed E-state index contributed by atoms with van der Waals surface area (Å²) in [5.74, 6) is -0.115. The number of nitrogens with one attached hydrogen (secondary N) is 1. The predicted octanol–water partition coefficient (Wildman–Crippen LogP) is 2.03. The van der Waals surface area contributed by atoms with E-state index < -0.39 is 0 Å². The van der Waals surface area contributed by atoms with Crippen molar-refractivity contribution < 1.29 is 4.79 Å². The molecule has 0 atom stereocenters. The molecule has 5 nitrogen and oxygen atoms in total. The lowest BCUT2D eigenvalue weighted by Gasteiger charge is -2.10. The number of nitrogen functional groups attached to an aromatic ring is 1. The van der Waals surface area contributed by atoms with E-state index in [1.54, 1.807) is 6.33 Å². The number of rotatable bonds is 3. The highest BCUT2D eigenvalue weighted by atomic mass is 16.1. The summed E-state index contributed by atoms with van der Waals surface area (Å²) in [7, 11) is 0. The molecule has 0 aliphatic carbocycles. The number of carbonyl (C=O) groups is 1. The SMILES string of the molecule is Cc1ccc(NC(=O)Cn2cnc(C)c2C)c(N)c1. The molecule has 0 unspecified atom stereocenters. The smallest absolute Gasteiger partial charge is 0.244 e. The molecule has 5 heteroatoms. The molecule has 0 fully saturated rings. The number of aromatic nitrogens is 2. The van der Waals surface area contributed by atoms with Gasteiger partial charge < -0.3 is 15.6 Å². The molecule has 1 aromatic heterocycles. The summed E-state index contributed by atoms with van der Waals surface area (Å²) in [5, 5.41) is 2.81. The molecule has 0 aliphatic heterocycles. The summed E-state index contributed by atoms with van der Waals surface area (Å²) in [5.41, 5.74) is 10.1. The molecule has 0 spiro atoms.